The minimum Gasteiger partial charge on any atom is -0.356 e. The maximum absolute atomic E-state index is 12.8. The van der Waals surface area contributed by atoms with Crippen LogP contribution in [-0.2, 0) is 20.7 Å². The summed E-state index contributed by atoms with van der Waals surface area (Å²) < 4.78 is 5.66. The molecule has 2 atom stereocenters. The molecule has 0 saturated carbocycles. The number of rotatable bonds is 5. The van der Waals surface area contributed by atoms with Crippen molar-refractivity contribution >= 4 is 11.8 Å². The lowest BCUT2D eigenvalue weighted by molar-refractivity contribution is -0.162. The minimum absolute atomic E-state index is 0.0864. The van der Waals surface area contributed by atoms with Crippen LogP contribution in [0.4, 0.5) is 0 Å². The van der Waals surface area contributed by atoms with Gasteiger partial charge in [-0.3, -0.25) is 14.7 Å². The summed E-state index contributed by atoms with van der Waals surface area (Å²) in [6.07, 6.45) is -0.0449. The minimum atomic E-state index is -0.736. The number of hydrogen-bond acceptors (Lipinski definition) is 4. The summed E-state index contributed by atoms with van der Waals surface area (Å²) >= 11 is 0. The van der Waals surface area contributed by atoms with Gasteiger partial charge in [0.2, 0.25) is 5.91 Å². The highest BCUT2D eigenvalue weighted by Crippen LogP contribution is 2.31. The molecule has 2 heterocycles. The summed E-state index contributed by atoms with van der Waals surface area (Å²) in [5, 5.41) is 10.1. The molecule has 1 aromatic heterocycles. The molecule has 7 nitrogen and oxygen atoms in total. The predicted molar refractivity (Wildman–Crippen MR) is 101 cm³/mol. The molecule has 1 fully saturated rings. The first-order chi connectivity index (χ1) is 12.9. The first kappa shape index (κ1) is 19.1. The standard InChI is InChI=1S/C20H26N4O3/c1-12-7-5-6-8-15(12)18-19(27-11-17(25)24(18)4)20(26)21-10-9-16-13(2)22-23-14(16)3/h5-8,18-19H,9-11H2,1-4H3,(H,21,26)(H,22,23)/t18-,19+/m1/s1. The Balaban J connectivity index is 1.73. The number of carbonyl (C=O) groups is 2. The molecule has 7 heteroatoms. The van der Waals surface area contributed by atoms with E-state index in [0.717, 1.165) is 28.1 Å². The third-order valence-corrected chi connectivity index (χ3v) is 5.20. The topological polar surface area (TPSA) is 87.3 Å². The first-order valence-corrected chi connectivity index (χ1v) is 9.11. The molecule has 144 valence electrons. The Labute approximate surface area is 159 Å². The van der Waals surface area contributed by atoms with Crippen LogP contribution in [0.3, 0.4) is 0 Å². The molecule has 1 saturated heterocycles. The van der Waals surface area contributed by atoms with Gasteiger partial charge >= 0.3 is 0 Å². The van der Waals surface area contributed by atoms with E-state index in [4.69, 9.17) is 4.74 Å². The highest BCUT2D eigenvalue weighted by atomic mass is 16.5. The first-order valence-electron chi connectivity index (χ1n) is 9.11. The highest BCUT2D eigenvalue weighted by Gasteiger charge is 2.40. The van der Waals surface area contributed by atoms with Crippen LogP contribution in [-0.4, -0.2) is 53.2 Å². The molecule has 2 N–H and O–H groups in total. The number of aryl methyl sites for hydroxylation is 3. The summed E-state index contributed by atoms with van der Waals surface area (Å²) in [6.45, 7) is 6.28. The number of nitrogens with zero attached hydrogens (tertiary/aromatic N) is 2. The van der Waals surface area contributed by atoms with Crippen molar-refractivity contribution in [2.75, 3.05) is 20.2 Å². The zero-order valence-corrected chi connectivity index (χ0v) is 16.2. The van der Waals surface area contributed by atoms with Crippen molar-refractivity contribution in [1.29, 1.82) is 0 Å². The zero-order chi connectivity index (χ0) is 19.6. The Morgan fingerprint density at radius 3 is 2.74 bits per heavy atom. The van der Waals surface area contributed by atoms with Gasteiger partial charge < -0.3 is 15.0 Å². The average molecular weight is 370 g/mol. The fourth-order valence-corrected chi connectivity index (χ4v) is 3.58. The number of hydrogen-bond donors (Lipinski definition) is 2. The zero-order valence-electron chi connectivity index (χ0n) is 16.2. The molecular formula is C20H26N4O3. The molecule has 2 amide bonds. The van der Waals surface area contributed by atoms with Crippen molar-refractivity contribution in [3.8, 4) is 0 Å². The van der Waals surface area contributed by atoms with E-state index in [1.165, 1.54) is 0 Å². The Kier molecular flexibility index (Phi) is 5.60. The molecule has 0 aliphatic carbocycles. The van der Waals surface area contributed by atoms with Crippen LogP contribution in [0.5, 0.6) is 0 Å². The molecule has 27 heavy (non-hydrogen) atoms. The van der Waals surface area contributed by atoms with Crippen LogP contribution in [0, 0.1) is 20.8 Å². The summed E-state index contributed by atoms with van der Waals surface area (Å²) in [5.41, 5.74) is 5.02. The molecule has 1 aromatic carbocycles. The van der Waals surface area contributed by atoms with Crippen molar-refractivity contribution in [2.24, 2.45) is 0 Å². The number of carbonyl (C=O) groups excluding carboxylic acids is 2. The second-order valence-corrected chi connectivity index (χ2v) is 6.99. The van der Waals surface area contributed by atoms with E-state index in [0.29, 0.717) is 13.0 Å². The molecule has 1 aliphatic heterocycles. The normalized spacial score (nSPS) is 20.0. The quantitative estimate of drug-likeness (QED) is 0.837. The fraction of sp³-hybridized carbons (Fsp3) is 0.450. The van der Waals surface area contributed by atoms with Crippen molar-refractivity contribution in [1.82, 2.24) is 20.4 Å². The number of H-pyrrole nitrogens is 1. The van der Waals surface area contributed by atoms with Crippen LogP contribution < -0.4 is 5.32 Å². The smallest absolute Gasteiger partial charge is 0.251 e. The third kappa shape index (κ3) is 3.88. The Hall–Kier alpha value is -2.67. The maximum atomic E-state index is 12.8. The van der Waals surface area contributed by atoms with Crippen LogP contribution in [0.15, 0.2) is 24.3 Å². The molecule has 0 spiro atoms. The van der Waals surface area contributed by atoms with Crippen LogP contribution in [0.25, 0.3) is 0 Å². The monoisotopic (exact) mass is 370 g/mol. The van der Waals surface area contributed by atoms with E-state index in [9.17, 15) is 9.59 Å². The van der Waals surface area contributed by atoms with Gasteiger partial charge in [-0.25, -0.2) is 0 Å². The average Bonchev–Trinajstić information content (AvgIpc) is 2.96. The van der Waals surface area contributed by atoms with Crippen molar-refractivity contribution in [2.45, 2.75) is 39.3 Å². The van der Waals surface area contributed by atoms with Gasteiger partial charge in [0, 0.05) is 19.3 Å². The van der Waals surface area contributed by atoms with E-state index in [-0.39, 0.29) is 18.4 Å². The van der Waals surface area contributed by atoms with E-state index < -0.39 is 12.1 Å². The number of morpholine rings is 1. The maximum Gasteiger partial charge on any atom is 0.251 e. The van der Waals surface area contributed by atoms with Crippen LogP contribution >= 0.6 is 0 Å². The molecule has 0 bridgehead atoms. The predicted octanol–water partition coefficient (Wildman–Crippen LogP) is 1.59. The van der Waals surface area contributed by atoms with Gasteiger partial charge in [-0.05, 0) is 43.9 Å². The number of ether oxygens (including phenoxy) is 1. The molecule has 1 aliphatic rings. The second kappa shape index (κ2) is 7.92. The number of nitrogens with one attached hydrogen (secondary N) is 2. The summed E-state index contributed by atoms with van der Waals surface area (Å²) in [5.74, 6) is -0.335. The molecule has 0 unspecified atom stereocenters. The lowest BCUT2D eigenvalue weighted by Crippen LogP contribution is -2.53. The van der Waals surface area contributed by atoms with Gasteiger partial charge in [0.25, 0.3) is 5.91 Å². The number of aromatic nitrogens is 2. The summed E-state index contributed by atoms with van der Waals surface area (Å²) in [4.78, 5) is 26.6. The second-order valence-electron chi connectivity index (χ2n) is 6.99. The highest BCUT2D eigenvalue weighted by molar-refractivity contribution is 5.86. The van der Waals surface area contributed by atoms with E-state index in [2.05, 4.69) is 15.5 Å². The van der Waals surface area contributed by atoms with Crippen molar-refractivity contribution < 1.29 is 14.3 Å². The Bertz CT molecular complexity index is 826. The van der Waals surface area contributed by atoms with Gasteiger partial charge in [-0.1, -0.05) is 24.3 Å². The SMILES string of the molecule is Cc1ccccc1[C@@H]1[C@@H](C(=O)NCCc2c(C)n[nH]c2C)OCC(=O)N1C. The van der Waals surface area contributed by atoms with Gasteiger partial charge in [0.1, 0.15) is 6.61 Å². The number of amides is 2. The van der Waals surface area contributed by atoms with E-state index in [1.807, 2.05) is 45.0 Å². The Morgan fingerprint density at radius 2 is 2.07 bits per heavy atom. The van der Waals surface area contributed by atoms with Crippen LogP contribution in [0.1, 0.15) is 34.1 Å². The molecule has 0 radical (unpaired) electrons. The van der Waals surface area contributed by atoms with Crippen molar-refractivity contribution in [3.05, 3.63) is 52.3 Å². The summed E-state index contributed by atoms with van der Waals surface area (Å²) in [7, 11) is 1.72. The molecule has 2 aromatic rings. The third-order valence-electron chi connectivity index (χ3n) is 5.20. The van der Waals surface area contributed by atoms with E-state index in [1.54, 1.807) is 11.9 Å². The summed E-state index contributed by atoms with van der Waals surface area (Å²) in [6, 6.07) is 7.33. The lowest BCUT2D eigenvalue weighted by atomic mass is 9.94. The van der Waals surface area contributed by atoms with Crippen molar-refractivity contribution in [3.63, 3.8) is 0 Å². The van der Waals surface area contributed by atoms with E-state index >= 15 is 0 Å². The van der Waals surface area contributed by atoms with Crippen LogP contribution in [0.2, 0.25) is 0 Å². The Morgan fingerprint density at radius 1 is 1.33 bits per heavy atom. The fourth-order valence-electron chi connectivity index (χ4n) is 3.58. The number of benzene rings is 1. The lowest BCUT2D eigenvalue weighted by Gasteiger charge is -2.38. The van der Waals surface area contributed by atoms with Gasteiger partial charge in [0.15, 0.2) is 6.10 Å². The number of likely N-dealkylation sites (N-methyl/N-ethyl adjacent to an activating group) is 1. The number of aromatic amines is 1. The van der Waals surface area contributed by atoms with Gasteiger partial charge in [0.05, 0.1) is 11.7 Å². The molecular weight excluding hydrogens is 344 g/mol. The van der Waals surface area contributed by atoms with Gasteiger partial charge in [-0.15, -0.1) is 0 Å². The van der Waals surface area contributed by atoms with Gasteiger partial charge in [-0.2, -0.15) is 5.10 Å². The largest absolute Gasteiger partial charge is 0.356 e. The molecule has 3 rings (SSSR count).